The minimum atomic E-state index is -0.146. The zero-order valence-corrected chi connectivity index (χ0v) is 13.0. The first-order chi connectivity index (χ1) is 10.1. The highest BCUT2D eigenvalue weighted by atomic mass is 35.5. The molecule has 0 bridgehead atoms. The Kier molecular flexibility index (Phi) is 5.38. The lowest BCUT2D eigenvalue weighted by molar-refractivity contribution is -0.124. The van der Waals surface area contributed by atoms with Crippen LogP contribution in [0.4, 0.5) is 0 Å². The predicted octanol–water partition coefficient (Wildman–Crippen LogP) is 1.88. The monoisotopic (exact) mass is 309 g/mol. The smallest absolute Gasteiger partial charge is 0.224 e. The fourth-order valence-corrected chi connectivity index (χ4v) is 2.21. The number of halogens is 1. The Balaban J connectivity index is 1.68. The van der Waals surface area contributed by atoms with Gasteiger partial charge in [0.05, 0.1) is 23.7 Å². The van der Waals surface area contributed by atoms with Crippen molar-refractivity contribution in [3.05, 3.63) is 35.4 Å². The molecule has 2 rings (SSSR count). The summed E-state index contributed by atoms with van der Waals surface area (Å²) in [5.41, 5.74) is 1.13. The maximum atomic E-state index is 12.0. The van der Waals surface area contributed by atoms with Gasteiger partial charge in [-0.25, -0.2) is 0 Å². The van der Waals surface area contributed by atoms with E-state index in [1.807, 2.05) is 24.6 Å². The first-order valence-corrected chi connectivity index (χ1v) is 7.38. The second-order valence-electron chi connectivity index (χ2n) is 5.12. The SMILES string of the molecule is Cc1ccnn1CCCNC(=O)C(C)Cn1cc(Cl)cn1. The molecule has 6 nitrogen and oxygen atoms in total. The second kappa shape index (κ2) is 7.26. The minimum Gasteiger partial charge on any atom is -0.356 e. The van der Waals surface area contributed by atoms with Crippen molar-refractivity contribution in [3.8, 4) is 0 Å². The van der Waals surface area contributed by atoms with Crippen LogP contribution >= 0.6 is 11.6 Å². The van der Waals surface area contributed by atoms with Gasteiger partial charge in [0.25, 0.3) is 0 Å². The van der Waals surface area contributed by atoms with E-state index >= 15 is 0 Å². The molecule has 1 amide bonds. The van der Waals surface area contributed by atoms with Crippen LogP contribution in [-0.4, -0.2) is 32.0 Å². The molecule has 114 valence electrons. The number of carbonyl (C=O) groups excluding carboxylic acids is 1. The number of hydrogen-bond acceptors (Lipinski definition) is 3. The van der Waals surface area contributed by atoms with Gasteiger partial charge in [-0.05, 0) is 19.4 Å². The molecule has 1 atom stereocenters. The van der Waals surface area contributed by atoms with Crippen LogP contribution in [0.5, 0.6) is 0 Å². The van der Waals surface area contributed by atoms with Crippen molar-refractivity contribution in [2.75, 3.05) is 6.54 Å². The first kappa shape index (κ1) is 15.6. The summed E-state index contributed by atoms with van der Waals surface area (Å²) in [5.74, 6) is -0.119. The van der Waals surface area contributed by atoms with E-state index in [2.05, 4.69) is 15.5 Å². The summed E-state index contributed by atoms with van der Waals surface area (Å²) in [6.45, 7) is 5.87. The molecule has 1 unspecified atom stereocenters. The summed E-state index contributed by atoms with van der Waals surface area (Å²) in [7, 11) is 0. The van der Waals surface area contributed by atoms with Crippen LogP contribution < -0.4 is 5.32 Å². The van der Waals surface area contributed by atoms with E-state index in [9.17, 15) is 4.79 Å². The molecule has 0 aliphatic carbocycles. The van der Waals surface area contributed by atoms with Gasteiger partial charge in [0.1, 0.15) is 0 Å². The molecule has 0 aromatic carbocycles. The van der Waals surface area contributed by atoms with E-state index < -0.39 is 0 Å². The highest BCUT2D eigenvalue weighted by Crippen LogP contribution is 2.07. The maximum Gasteiger partial charge on any atom is 0.224 e. The van der Waals surface area contributed by atoms with Crippen molar-refractivity contribution < 1.29 is 4.79 Å². The molecule has 0 spiro atoms. The zero-order chi connectivity index (χ0) is 15.2. The van der Waals surface area contributed by atoms with Gasteiger partial charge >= 0.3 is 0 Å². The third-order valence-corrected chi connectivity index (χ3v) is 3.48. The number of nitrogens with one attached hydrogen (secondary N) is 1. The highest BCUT2D eigenvalue weighted by Gasteiger charge is 2.13. The van der Waals surface area contributed by atoms with Gasteiger partial charge in [-0.1, -0.05) is 18.5 Å². The summed E-state index contributed by atoms with van der Waals surface area (Å²) in [6, 6.07) is 1.97. The minimum absolute atomic E-state index is 0.0267. The topological polar surface area (TPSA) is 64.7 Å². The molecular weight excluding hydrogens is 290 g/mol. The molecule has 21 heavy (non-hydrogen) atoms. The average Bonchev–Trinajstić information content (AvgIpc) is 3.03. The largest absolute Gasteiger partial charge is 0.356 e. The van der Waals surface area contributed by atoms with Crippen LogP contribution in [-0.2, 0) is 17.9 Å². The van der Waals surface area contributed by atoms with Crippen molar-refractivity contribution in [2.45, 2.75) is 33.4 Å². The van der Waals surface area contributed by atoms with Gasteiger partial charge in [0, 0.05) is 31.2 Å². The third-order valence-electron chi connectivity index (χ3n) is 3.29. The molecule has 0 saturated carbocycles. The Labute approximate surface area is 129 Å². The number of hydrogen-bond donors (Lipinski definition) is 1. The predicted molar refractivity (Wildman–Crippen MR) is 81.0 cm³/mol. The van der Waals surface area contributed by atoms with Gasteiger partial charge in [-0.15, -0.1) is 0 Å². The van der Waals surface area contributed by atoms with Crippen molar-refractivity contribution in [2.24, 2.45) is 5.92 Å². The summed E-state index contributed by atoms with van der Waals surface area (Å²) in [6.07, 6.45) is 5.92. The number of rotatable bonds is 7. The molecule has 0 aliphatic heterocycles. The average molecular weight is 310 g/mol. The maximum absolute atomic E-state index is 12.0. The van der Waals surface area contributed by atoms with E-state index in [-0.39, 0.29) is 11.8 Å². The van der Waals surface area contributed by atoms with Crippen LogP contribution in [0.3, 0.4) is 0 Å². The number of carbonyl (C=O) groups is 1. The third kappa shape index (κ3) is 4.60. The van der Waals surface area contributed by atoms with Gasteiger partial charge in [-0.2, -0.15) is 10.2 Å². The molecule has 7 heteroatoms. The summed E-state index contributed by atoms with van der Waals surface area (Å²) >= 11 is 5.80. The van der Waals surface area contributed by atoms with Crippen molar-refractivity contribution >= 4 is 17.5 Å². The van der Waals surface area contributed by atoms with E-state index in [1.165, 1.54) is 0 Å². The molecule has 0 fully saturated rings. The number of nitrogens with zero attached hydrogens (tertiary/aromatic N) is 4. The lowest BCUT2D eigenvalue weighted by atomic mass is 10.1. The molecule has 0 saturated heterocycles. The van der Waals surface area contributed by atoms with Gasteiger partial charge < -0.3 is 5.32 Å². The van der Waals surface area contributed by atoms with Crippen LogP contribution in [0, 0.1) is 12.8 Å². The van der Waals surface area contributed by atoms with Crippen LogP contribution in [0.2, 0.25) is 5.02 Å². The van der Waals surface area contributed by atoms with Gasteiger partial charge in [-0.3, -0.25) is 14.2 Å². The lowest BCUT2D eigenvalue weighted by Gasteiger charge is -2.12. The molecule has 2 heterocycles. The molecule has 1 N–H and O–H groups in total. The number of aromatic nitrogens is 4. The van der Waals surface area contributed by atoms with Crippen LogP contribution in [0.1, 0.15) is 19.0 Å². The second-order valence-corrected chi connectivity index (χ2v) is 5.56. The Morgan fingerprint density at radius 2 is 2.29 bits per heavy atom. The first-order valence-electron chi connectivity index (χ1n) is 7.00. The molecule has 2 aromatic rings. The number of aryl methyl sites for hydroxylation is 2. The number of amides is 1. The normalized spacial score (nSPS) is 12.3. The van der Waals surface area contributed by atoms with E-state index in [1.54, 1.807) is 23.3 Å². The van der Waals surface area contributed by atoms with Crippen molar-refractivity contribution in [1.29, 1.82) is 0 Å². The fraction of sp³-hybridized carbons (Fsp3) is 0.500. The molecule has 2 aromatic heterocycles. The Morgan fingerprint density at radius 1 is 1.48 bits per heavy atom. The van der Waals surface area contributed by atoms with Crippen LogP contribution in [0.15, 0.2) is 24.7 Å². The van der Waals surface area contributed by atoms with E-state index in [0.717, 1.165) is 18.7 Å². The Hall–Kier alpha value is -1.82. The van der Waals surface area contributed by atoms with Crippen molar-refractivity contribution in [3.63, 3.8) is 0 Å². The standard InChI is InChI=1S/C14H20ClN5O/c1-11(9-19-10-13(15)8-18-19)14(21)16-5-3-7-20-12(2)4-6-17-20/h4,6,8,10-11H,3,5,7,9H2,1-2H3,(H,16,21). The summed E-state index contributed by atoms with van der Waals surface area (Å²) in [5, 5.41) is 11.8. The molecule has 0 radical (unpaired) electrons. The summed E-state index contributed by atoms with van der Waals surface area (Å²) in [4.78, 5) is 12.0. The van der Waals surface area contributed by atoms with Crippen LogP contribution in [0.25, 0.3) is 0 Å². The quantitative estimate of drug-likeness (QED) is 0.794. The van der Waals surface area contributed by atoms with E-state index in [0.29, 0.717) is 18.1 Å². The van der Waals surface area contributed by atoms with Gasteiger partial charge in [0.15, 0.2) is 0 Å². The molecule has 0 aliphatic rings. The molecular formula is C14H20ClN5O. The fourth-order valence-electron chi connectivity index (χ4n) is 2.05. The summed E-state index contributed by atoms with van der Waals surface area (Å²) < 4.78 is 3.61. The Morgan fingerprint density at radius 3 is 2.90 bits per heavy atom. The van der Waals surface area contributed by atoms with Crippen molar-refractivity contribution in [1.82, 2.24) is 24.9 Å². The van der Waals surface area contributed by atoms with Gasteiger partial charge in [0.2, 0.25) is 5.91 Å². The Bertz CT molecular complexity index is 592. The lowest BCUT2D eigenvalue weighted by Crippen LogP contribution is -2.32. The highest BCUT2D eigenvalue weighted by molar-refractivity contribution is 6.30. The van der Waals surface area contributed by atoms with E-state index in [4.69, 9.17) is 11.6 Å². The zero-order valence-electron chi connectivity index (χ0n) is 12.3.